The van der Waals surface area contributed by atoms with Gasteiger partial charge in [-0.05, 0) is 38.5 Å². The van der Waals surface area contributed by atoms with E-state index in [1.165, 1.54) is 6.07 Å². The van der Waals surface area contributed by atoms with Gasteiger partial charge in [0.05, 0.1) is 23.4 Å². The zero-order valence-corrected chi connectivity index (χ0v) is 15.9. The van der Waals surface area contributed by atoms with Gasteiger partial charge in [0.25, 0.3) is 5.91 Å². The zero-order valence-electron chi connectivity index (χ0n) is 15.1. The summed E-state index contributed by atoms with van der Waals surface area (Å²) >= 11 is 5.88. The summed E-state index contributed by atoms with van der Waals surface area (Å²) in [6, 6.07) is 1.53. The van der Waals surface area contributed by atoms with Crippen LogP contribution in [0.4, 0.5) is 0 Å². The summed E-state index contributed by atoms with van der Waals surface area (Å²) in [5, 5.41) is 17.9. The van der Waals surface area contributed by atoms with Crippen LogP contribution in [-0.2, 0) is 6.54 Å². The molecule has 0 saturated heterocycles. The number of hydrogen-bond donors (Lipinski definition) is 2. The van der Waals surface area contributed by atoms with Crippen molar-refractivity contribution < 1.29 is 9.90 Å². The summed E-state index contributed by atoms with van der Waals surface area (Å²) < 4.78 is 3.75. The molecule has 1 unspecified atom stereocenters. The third-order valence-corrected chi connectivity index (χ3v) is 5.65. The van der Waals surface area contributed by atoms with E-state index in [2.05, 4.69) is 10.4 Å². The summed E-state index contributed by atoms with van der Waals surface area (Å²) in [5.41, 5.74) is 0.733. The molecule has 2 aliphatic rings. The van der Waals surface area contributed by atoms with Gasteiger partial charge >= 0.3 is 0 Å². The quantitative estimate of drug-likeness (QED) is 0.816. The predicted octanol–water partition coefficient (Wildman–Crippen LogP) is 1.91. The fourth-order valence-corrected chi connectivity index (χ4v) is 4.09. The third-order valence-electron chi connectivity index (χ3n) is 5.46. The van der Waals surface area contributed by atoms with Crippen LogP contribution in [0.3, 0.4) is 0 Å². The monoisotopic (exact) mass is 390 g/mol. The van der Waals surface area contributed by atoms with Crippen molar-refractivity contribution in [2.75, 3.05) is 0 Å². The van der Waals surface area contributed by atoms with E-state index in [1.807, 2.05) is 11.5 Å². The lowest BCUT2D eigenvalue weighted by Gasteiger charge is -2.17. The Morgan fingerprint density at radius 3 is 2.81 bits per heavy atom. The second-order valence-corrected chi connectivity index (χ2v) is 8.13. The number of aromatic nitrogens is 3. The second-order valence-electron chi connectivity index (χ2n) is 7.70. The molecule has 2 N–H and O–H groups in total. The normalized spacial score (nSPS) is 24.9. The van der Waals surface area contributed by atoms with E-state index in [0.717, 1.165) is 18.5 Å². The van der Waals surface area contributed by atoms with Gasteiger partial charge in [0.2, 0.25) is 0 Å². The molecule has 2 aromatic heterocycles. The van der Waals surface area contributed by atoms with Crippen molar-refractivity contribution in [2.24, 2.45) is 5.92 Å². The van der Waals surface area contributed by atoms with Crippen molar-refractivity contribution in [2.45, 2.75) is 57.3 Å². The van der Waals surface area contributed by atoms with Crippen LogP contribution in [0.5, 0.6) is 0 Å². The lowest BCUT2D eigenvalue weighted by molar-refractivity contribution is 0.0871. The molecule has 0 spiro atoms. The van der Waals surface area contributed by atoms with Crippen molar-refractivity contribution in [1.82, 2.24) is 19.7 Å². The molecule has 8 heteroatoms. The van der Waals surface area contributed by atoms with Crippen LogP contribution in [0.2, 0.25) is 5.02 Å². The van der Waals surface area contributed by atoms with E-state index in [4.69, 9.17) is 11.6 Å². The van der Waals surface area contributed by atoms with Crippen LogP contribution in [0.15, 0.2) is 29.5 Å². The smallest absolute Gasteiger partial charge is 0.257 e. The van der Waals surface area contributed by atoms with Gasteiger partial charge in [0, 0.05) is 36.7 Å². The van der Waals surface area contributed by atoms with Crippen molar-refractivity contribution >= 4 is 17.5 Å². The van der Waals surface area contributed by atoms with E-state index in [-0.39, 0.29) is 23.0 Å². The van der Waals surface area contributed by atoms with Gasteiger partial charge in [0.15, 0.2) is 5.43 Å². The predicted molar refractivity (Wildman–Crippen MR) is 101 cm³/mol. The molecule has 2 aromatic rings. The van der Waals surface area contributed by atoms with Gasteiger partial charge in [-0.15, -0.1) is 0 Å². The summed E-state index contributed by atoms with van der Waals surface area (Å²) in [6.07, 6.45) is 7.70. The molecule has 2 saturated carbocycles. The SMILES string of the molecule is Cc1cc(=O)c(C(=O)N[C@@H]2CC(Cn3cc(Cl)cn3)C[C@H]2O)cn1C1CC1. The first-order valence-corrected chi connectivity index (χ1v) is 9.68. The standard InChI is InChI=1S/C19H23ClN4O3/c1-11-4-17(25)15(10-24(11)14-2-3-14)19(27)22-16-5-12(6-18(16)26)8-23-9-13(20)7-21-23/h4,7,9-10,12,14,16,18,26H,2-3,5-6,8H2,1H3,(H,22,27)/t12?,16-,18-/m1/s1. The van der Waals surface area contributed by atoms with Crippen LogP contribution < -0.4 is 10.7 Å². The first kappa shape index (κ1) is 18.3. The molecule has 1 amide bonds. The number of hydrogen-bond acceptors (Lipinski definition) is 4. The van der Waals surface area contributed by atoms with Gasteiger partial charge in [-0.25, -0.2) is 0 Å². The molecule has 0 bridgehead atoms. The van der Waals surface area contributed by atoms with Crippen LogP contribution in [0.1, 0.15) is 47.8 Å². The summed E-state index contributed by atoms with van der Waals surface area (Å²) in [5.74, 6) is -0.233. The van der Waals surface area contributed by atoms with E-state index in [1.54, 1.807) is 23.3 Å². The molecular formula is C19H23ClN4O3. The van der Waals surface area contributed by atoms with Crippen LogP contribution in [0, 0.1) is 12.8 Å². The highest BCUT2D eigenvalue weighted by Crippen LogP contribution is 2.35. The number of carbonyl (C=O) groups is 1. The van der Waals surface area contributed by atoms with E-state index in [0.29, 0.717) is 30.5 Å². The minimum atomic E-state index is -0.638. The van der Waals surface area contributed by atoms with E-state index in [9.17, 15) is 14.7 Å². The van der Waals surface area contributed by atoms with Gasteiger partial charge in [0.1, 0.15) is 5.56 Å². The van der Waals surface area contributed by atoms with Gasteiger partial charge < -0.3 is 15.0 Å². The minimum absolute atomic E-state index is 0.141. The maximum absolute atomic E-state index is 12.7. The molecule has 2 aliphatic carbocycles. The average molecular weight is 391 g/mol. The number of aliphatic hydroxyl groups excluding tert-OH is 1. The summed E-state index contributed by atoms with van der Waals surface area (Å²) in [7, 11) is 0. The maximum Gasteiger partial charge on any atom is 0.257 e. The van der Waals surface area contributed by atoms with Gasteiger partial charge in [-0.1, -0.05) is 11.6 Å². The Morgan fingerprint density at radius 2 is 2.15 bits per heavy atom. The van der Waals surface area contributed by atoms with Gasteiger partial charge in [-0.2, -0.15) is 5.10 Å². The molecule has 0 aliphatic heterocycles. The number of aliphatic hydroxyl groups is 1. The number of aryl methyl sites for hydroxylation is 1. The Morgan fingerprint density at radius 1 is 1.37 bits per heavy atom. The number of halogens is 1. The number of pyridine rings is 1. The third kappa shape index (κ3) is 3.94. The molecule has 0 radical (unpaired) electrons. The number of nitrogens with zero attached hydrogens (tertiary/aromatic N) is 3. The Hall–Kier alpha value is -2.12. The number of rotatable bonds is 5. The molecule has 144 valence electrons. The highest BCUT2D eigenvalue weighted by molar-refractivity contribution is 6.30. The molecule has 27 heavy (non-hydrogen) atoms. The second kappa shape index (κ2) is 7.13. The Labute approximate surface area is 161 Å². The topological polar surface area (TPSA) is 89.2 Å². The van der Waals surface area contributed by atoms with Gasteiger partial charge in [-0.3, -0.25) is 14.3 Å². The van der Waals surface area contributed by atoms with Crippen molar-refractivity contribution in [3.8, 4) is 0 Å². The highest BCUT2D eigenvalue weighted by Gasteiger charge is 2.35. The molecule has 2 heterocycles. The Kier molecular flexibility index (Phi) is 4.82. The van der Waals surface area contributed by atoms with Crippen LogP contribution >= 0.6 is 11.6 Å². The fourth-order valence-electron chi connectivity index (χ4n) is 3.93. The molecule has 0 aromatic carbocycles. The van der Waals surface area contributed by atoms with E-state index >= 15 is 0 Å². The number of nitrogens with one attached hydrogen (secondary N) is 1. The summed E-state index contributed by atoms with van der Waals surface area (Å²) in [4.78, 5) is 25.0. The molecule has 3 atom stereocenters. The van der Waals surface area contributed by atoms with Crippen LogP contribution in [-0.4, -0.2) is 37.5 Å². The molecule has 2 fully saturated rings. The van der Waals surface area contributed by atoms with Crippen LogP contribution in [0.25, 0.3) is 0 Å². The first-order chi connectivity index (χ1) is 12.9. The average Bonchev–Trinajstić information content (AvgIpc) is 3.27. The first-order valence-electron chi connectivity index (χ1n) is 9.30. The maximum atomic E-state index is 12.7. The number of carbonyl (C=O) groups excluding carboxylic acids is 1. The Bertz CT molecular complexity index is 918. The Balaban J connectivity index is 1.43. The zero-order chi connectivity index (χ0) is 19.1. The van der Waals surface area contributed by atoms with E-state index < -0.39 is 12.0 Å². The lowest BCUT2D eigenvalue weighted by atomic mass is 10.1. The highest BCUT2D eigenvalue weighted by atomic mass is 35.5. The molecule has 7 nitrogen and oxygen atoms in total. The summed E-state index contributed by atoms with van der Waals surface area (Å²) in [6.45, 7) is 2.52. The molecular weight excluding hydrogens is 368 g/mol. The molecule has 4 rings (SSSR count). The van der Waals surface area contributed by atoms with Crippen molar-refractivity contribution in [3.63, 3.8) is 0 Å². The van der Waals surface area contributed by atoms with Crippen molar-refractivity contribution in [1.29, 1.82) is 0 Å². The van der Waals surface area contributed by atoms with Crippen molar-refractivity contribution in [3.05, 3.63) is 51.2 Å². The minimum Gasteiger partial charge on any atom is -0.391 e. The fraction of sp³-hybridized carbons (Fsp3) is 0.526. The lowest BCUT2D eigenvalue weighted by Crippen LogP contribution is -2.41. The largest absolute Gasteiger partial charge is 0.391 e. The number of amides is 1.